The average Bonchev–Trinajstić information content (AvgIpc) is 2.93. The van der Waals surface area contributed by atoms with Crippen LogP contribution in [0.4, 0.5) is 5.69 Å². The number of aromatic nitrogens is 2. The Morgan fingerprint density at radius 1 is 1.26 bits per heavy atom. The van der Waals surface area contributed by atoms with Crippen molar-refractivity contribution in [3.05, 3.63) is 46.2 Å². The molecule has 0 spiro atoms. The van der Waals surface area contributed by atoms with Crippen molar-refractivity contribution in [2.24, 2.45) is 12.0 Å². The van der Waals surface area contributed by atoms with E-state index >= 15 is 0 Å². The van der Waals surface area contributed by atoms with Crippen molar-refractivity contribution in [2.75, 3.05) is 18.4 Å². The van der Waals surface area contributed by atoms with E-state index in [0.29, 0.717) is 24.4 Å². The molecule has 31 heavy (non-hydrogen) atoms. The molecule has 0 aliphatic heterocycles. The Labute approximate surface area is 207 Å². The molecule has 9 heteroatoms. The van der Waals surface area contributed by atoms with Crippen LogP contribution in [0.3, 0.4) is 0 Å². The lowest BCUT2D eigenvalue weighted by atomic mass is 10.1. The van der Waals surface area contributed by atoms with Gasteiger partial charge in [-0.3, -0.25) is 14.5 Å². The van der Waals surface area contributed by atoms with Crippen LogP contribution in [0.2, 0.25) is 5.02 Å². The maximum Gasteiger partial charge on any atom is 0.224 e. The first kappa shape index (κ1) is 27.2. The Bertz CT molecular complexity index is 866. The summed E-state index contributed by atoms with van der Waals surface area (Å²) in [6.45, 7) is 9.66. The van der Waals surface area contributed by atoms with Crippen LogP contribution < -0.4 is 16.0 Å². The molecule has 172 valence electrons. The molecule has 0 aliphatic carbocycles. The van der Waals surface area contributed by atoms with Gasteiger partial charge in [0.05, 0.1) is 5.69 Å². The molecule has 1 aromatic carbocycles. The van der Waals surface area contributed by atoms with E-state index < -0.39 is 0 Å². The van der Waals surface area contributed by atoms with Crippen LogP contribution in [0.25, 0.3) is 0 Å². The Kier molecular flexibility index (Phi) is 11.9. The number of guanidine groups is 1. The highest BCUT2D eigenvalue weighted by molar-refractivity contribution is 14.0. The first-order valence-electron chi connectivity index (χ1n) is 10.4. The molecule has 1 unspecified atom stereocenters. The summed E-state index contributed by atoms with van der Waals surface area (Å²) in [7, 11) is 1.97. The fourth-order valence-corrected chi connectivity index (χ4v) is 3.34. The van der Waals surface area contributed by atoms with Crippen LogP contribution in [0, 0.1) is 13.8 Å². The summed E-state index contributed by atoms with van der Waals surface area (Å²) >= 11 is 5.86. The van der Waals surface area contributed by atoms with Gasteiger partial charge in [0.1, 0.15) is 0 Å². The summed E-state index contributed by atoms with van der Waals surface area (Å²) < 4.78 is 1.92. The molecular weight excluding hydrogens is 527 g/mol. The molecule has 0 radical (unpaired) electrons. The lowest BCUT2D eigenvalue weighted by molar-refractivity contribution is -0.116. The van der Waals surface area contributed by atoms with Crippen LogP contribution in [-0.4, -0.2) is 40.8 Å². The van der Waals surface area contributed by atoms with E-state index in [-0.39, 0.29) is 35.9 Å². The van der Waals surface area contributed by atoms with Crippen LogP contribution in [-0.2, 0) is 18.3 Å². The van der Waals surface area contributed by atoms with Gasteiger partial charge in [0.25, 0.3) is 0 Å². The van der Waals surface area contributed by atoms with E-state index in [1.54, 1.807) is 24.3 Å². The highest BCUT2D eigenvalue weighted by atomic mass is 127. The van der Waals surface area contributed by atoms with Crippen LogP contribution in [0.15, 0.2) is 29.3 Å². The van der Waals surface area contributed by atoms with Crippen molar-refractivity contribution >= 4 is 53.1 Å². The molecule has 7 nitrogen and oxygen atoms in total. The second kappa shape index (κ2) is 13.6. The van der Waals surface area contributed by atoms with E-state index in [1.165, 1.54) is 11.3 Å². The fraction of sp³-hybridized carbons (Fsp3) is 0.500. The molecule has 0 saturated heterocycles. The predicted octanol–water partition coefficient (Wildman–Crippen LogP) is 4.21. The number of hydrogen-bond acceptors (Lipinski definition) is 3. The number of halogens is 2. The largest absolute Gasteiger partial charge is 0.357 e. The molecule has 1 heterocycles. The van der Waals surface area contributed by atoms with E-state index in [0.717, 1.165) is 30.3 Å². The van der Waals surface area contributed by atoms with E-state index in [1.807, 2.05) is 25.6 Å². The van der Waals surface area contributed by atoms with Gasteiger partial charge in [-0.2, -0.15) is 5.10 Å². The molecular formula is C22H34ClIN6O. The van der Waals surface area contributed by atoms with E-state index in [4.69, 9.17) is 11.6 Å². The minimum atomic E-state index is -0.0265. The van der Waals surface area contributed by atoms with E-state index in [9.17, 15) is 4.79 Å². The number of nitrogens with zero attached hydrogens (tertiary/aromatic N) is 3. The number of amides is 1. The van der Waals surface area contributed by atoms with Crippen molar-refractivity contribution in [1.82, 2.24) is 20.4 Å². The van der Waals surface area contributed by atoms with E-state index in [2.05, 4.69) is 39.9 Å². The summed E-state index contributed by atoms with van der Waals surface area (Å²) in [5, 5.41) is 14.7. The maximum absolute atomic E-state index is 12.1. The fourth-order valence-electron chi connectivity index (χ4n) is 3.21. The topological polar surface area (TPSA) is 83.3 Å². The standard InChI is InChI=1S/C22H33ClN6O.HI/c1-6-24-22(26-15(2)14-20-16(3)28-29(5)17(20)4)25-13-7-8-21(30)27-19-11-9-18(23)10-12-19;/h9-12,15H,6-8,13-14H2,1-5H3,(H,27,30)(H2,24,25,26);1H. The predicted molar refractivity (Wildman–Crippen MR) is 140 cm³/mol. The number of benzene rings is 1. The van der Waals surface area contributed by atoms with Crippen molar-refractivity contribution in [3.8, 4) is 0 Å². The zero-order chi connectivity index (χ0) is 22.1. The third kappa shape index (κ3) is 9.06. The van der Waals surface area contributed by atoms with Gasteiger partial charge in [-0.25, -0.2) is 0 Å². The number of carbonyl (C=O) groups excluding carboxylic acids is 1. The monoisotopic (exact) mass is 560 g/mol. The van der Waals surface area contributed by atoms with Gasteiger partial charge < -0.3 is 16.0 Å². The summed E-state index contributed by atoms with van der Waals surface area (Å²) in [6, 6.07) is 7.30. The van der Waals surface area contributed by atoms with Crippen molar-refractivity contribution in [3.63, 3.8) is 0 Å². The molecule has 0 bridgehead atoms. The molecule has 3 N–H and O–H groups in total. The minimum Gasteiger partial charge on any atom is -0.357 e. The molecule has 1 amide bonds. The first-order chi connectivity index (χ1) is 14.3. The van der Waals surface area contributed by atoms with Gasteiger partial charge in [0.2, 0.25) is 5.91 Å². The second-order valence-electron chi connectivity index (χ2n) is 7.44. The first-order valence-corrected chi connectivity index (χ1v) is 10.8. The smallest absolute Gasteiger partial charge is 0.224 e. The number of anilines is 1. The van der Waals surface area contributed by atoms with Gasteiger partial charge in [-0.15, -0.1) is 24.0 Å². The number of rotatable bonds is 9. The van der Waals surface area contributed by atoms with Crippen LogP contribution in [0.5, 0.6) is 0 Å². The molecule has 0 saturated carbocycles. The van der Waals surface area contributed by atoms with Crippen molar-refractivity contribution in [2.45, 2.75) is 53.0 Å². The maximum atomic E-state index is 12.1. The summed E-state index contributed by atoms with van der Waals surface area (Å²) in [4.78, 5) is 16.7. The molecule has 0 fully saturated rings. The Morgan fingerprint density at radius 2 is 1.94 bits per heavy atom. The molecule has 0 aliphatic rings. The van der Waals surface area contributed by atoms with Gasteiger partial charge in [-0.1, -0.05) is 11.6 Å². The lowest BCUT2D eigenvalue weighted by Gasteiger charge is -2.18. The van der Waals surface area contributed by atoms with Gasteiger partial charge in [-0.05, 0) is 70.4 Å². The quantitative estimate of drug-likeness (QED) is 0.186. The molecule has 2 rings (SSSR count). The Morgan fingerprint density at radius 3 is 2.52 bits per heavy atom. The molecule has 2 aromatic rings. The van der Waals surface area contributed by atoms with Crippen LogP contribution in [0.1, 0.15) is 43.6 Å². The van der Waals surface area contributed by atoms with Crippen molar-refractivity contribution < 1.29 is 4.79 Å². The number of aliphatic imine (C=N–C) groups is 1. The molecule has 1 atom stereocenters. The third-order valence-electron chi connectivity index (χ3n) is 4.86. The normalized spacial score (nSPS) is 12.1. The number of nitrogens with one attached hydrogen (secondary N) is 3. The number of carbonyl (C=O) groups is 1. The lowest BCUT2D eigenvalue weighted by Crippen LogP contribution is -2.43. The van der Waals surface area contributed by atoms with Gasteiger partial charge in [0, 0.05) is 49.0 Å². The SMILES string of the molecule is CCNC(=NCCCC(=O)Nc1ccc(Cl)cc1)NC(C)Cc1c(C)nn(C)c1C.I. The zero-order valence-corrected chi connectivity index (χ0v) is 22.0. The second-order valence-corrected chi connectivity index (χ2v) is 7.88. The minimum absolute atomic E-state index is 0. The van der Waals surface area contributed by atoms with Gasteiger partial charge in [0.15, 0.2) is 5.96 Å². The summed E-state index contributed by atoms with van der Waals surface area (Å²) in [5.74, 6) is 0.740. The molecule has 1 aromatic heterocycles. The summed E-state index contributed by atoms with van der Waals surface area (Å²) in [6.07, 6.45) is 1.96. The van der Waals surface area contributed by atoms with Crippen LogP contribution >= 0.6 is 35.6 Å². The summed E-state index contributed by atoms with van der Waals surface area (Å²) in [5.41, 5.74) is 4.28. The Hall–Kier alpha value is -1.81. The van der Waals surface area contributed by atoms with Crippen molar-refractivity contribution in [1.29, 1.82) is 0 Å². The Balaban J connectivity index is 0.00000480. The third-order valence-corrected chi connectivity index (χ3v) is 5.11. The number of aryl methyl sites for hydroxylation is 2. The zero-order valence-electron chi connectivity index (χ0n) is 19.0. The highest BCUT2D eigenvalue weighted by Gasteiger charge is 2.14. The van der Waals surface area contributed by atoms with Gasteiger partial charge >= 0.3 is 0 Å². The average molecular weight is 561 g/mol. The number of hydrogen-bond donors (Lipinski definition) is 3. The highest BCUT2D eigenvalue weighted by Crippen LogP contribution is 2.15.